The topological polar surface area (TPSA) is 49.8 Å². The highest BCUT2D eigenvalue weighted by molar-refractivity contribution is 9.10. The Morgan fingerprint density at radius 2 is 2.16 bits per heavy atom. The number of rotatable bonds is 6. The van der Waals surface area contributed by atoms with Gasteiger partial charge in [0, 0.05) is 27.7 Å². The summed E-state index contributed by atoms with van der Waals surface area (Å²) in [6.45, 7) is 5.75. The largest absolute Gasteiger partial charge is 0.365 e. The Kier molecular flexibility index (Phi) is 5.15. The van der Waals surface area contributed by atoms with Crippen molar-refractivity contribution in [2.24, 2.45) is 0 Å². The molecule has 0 unspecified atom stereocenters. The predicted molar refractivity (Wildman–Crippen MR) is 84.9 cm³/mol. The lowest BCUT2D eigenvalue weighted by atomic mass is 10.4. The van der Waals surface area contributed by atoms with Gasteiger partial charge in [-0.25, -0.2) is 4.98 Å². The summed E-state index contributed by atoms with van der Waals surface area (Å²) in [5.74, 6) is 1.54. The molecule has 19 heavy (non-hydrogen) atoms. The molecule has 0 saturated heterocycles. The molecule has 2 aromatic heterocycles. The van der Waals surface area contributed by atoms with E-state index < -0.39 is 0 Å². The molecular weight excluding hydrogens is 324 g/mol. The summed E-state index contributed by atoms with van der Waals surface area (Å²) < 4.78 is 1.14. The molecule has 0 aliphatic heterocycles. The van der Waals surface area contributed by atoms with Crippen molar-refractivity contribution in [2.75, 3.05) is 17.2 Å². The molecule has 0 aromatic carbocycles. The Hall–Kier alpha value is -1.14. The monoisotopic (exact) mass is 340 g/mol. The molecule has 0 fully saturated rings. The molecule has 0 bridgehead atoms. The van der Waals surface area contributed by atoms with E-state index >= 15 is 0 Å². The van der Waals surface area contributed by atoms with Crippen LogP contribution in [0.3, 0.4) is 0 Å². The van der Waals surface area contributed by atoms with Crippen molar-refractivity contribution in [3.63, 3.8) is 0 Å². The van der Waals surface area contributed by atoms with Crippen LogP contribution in [0.1, 0.15) is 23.9 Å². The van der Waals surface area contributed by atoms with Gasteiger partial charge in [0.15, 0.2) is 0 Å². The fraction of sp³-hybridized carbons (Fsp3) is 0.385. The van der Waals surface area contributed by atoms with Gasteiger partial charge >= 0.3 is 0 Å². The third-order valence-corrected chi connectivity index (χ3v) is 4.43. The second kappa shape index (κ2) is 6.86. The van der Waals surface area contributed by atoms with Crippen LogP contribution in [-0.4, -0.2) is 16.5 Å². The lowest BCUT2D eigenvalue weighted by Gasteiger charge is -2.09. The fourth-order valence-corrected chi connectivity index (χ4v) is 3.03. The minimum Gasteiger partial charge on any atom is -0.365 e. The molecule has 0 spiro atoms. The van der Waals surface area contributed by atoms with Crippen LogP contribution >= 0.6 is 27.3 Å². The third-order valence-electron chi connectivity index (χ3n) is 2.51. The molecule has 0 aliphatic rings. The second-order valence-corrected chi connectivity index (χ2v) is 6.05. The minimum absolute atomic E-state index is 0.689. The zero-order chi connectivity index (χ0) is 13.7. The van der Waals surface area contributed by atoms with Crippen molar-refractivity contribution in [2.45, 2.75) is 26.8 Å². The number of thiophene rings is 1. The molecule has 0 aliphatic carbocycles. The van der Waals surface area contributed by atoms with Crippen LogP contribution in [0.25, 0.3) is 0 Å². The summed E-state index contributed by atoms with van der Waals surface area (Å²) >= 11 is 5.25. The predicted octanol–water partition coefficient (Wildman–Crippen LogP) is 4.04. The van der Waals surface area contributed by atoms with Crippen LogP contribution in [0.2, 0.25) is 0 Å². The standard InChI is InChI=1S/C13H17BrN4S/c1-3-5-15-13-17-9(2)7-12(18-13)16-8-11-10(14)4-6-19-11/h4,6-7H,3,5,8H2,1-2H3,(H2,15,16,17,18). The van der Waals surface area contributed by atoms with E-state index in [1.807, 2.05) is 13.0 Å². The summed E-state index contributed by atoms with van der Waals surface area (Å²) in [5.41, 5.74) is 0.960. The maximum absolute atomic E-state index is 4.46. The van der Waals surface area contributed by atoms with E-state index in [1.54, 1.807) is 11.3 Å². The Balaban J connectivity index is 2.03. The van der Waals surface area contributed by atoms with Gasteiger partial charge in [-0.15, -0.1) is 11.3 Å². The van der Waals surface area contributed by atoms with Crippen molar-refractivity contribution < 1.29 is 0 Å². The van der Waals surface area contributed by atoms with Gasteiger partial charge in [0.2, 0.25) is 5.95 Å². The van der Waals surface area contributed by atoms with E-state index in [-0.39, 0.29) is 0 Å². The molecule has 2 rings (SSSR count). The van der Waals surface area contributed by atoms with Crippen molar-refractivity contribution in [3.8, 4) is 0 Å². The minimum atomic E-state index is 0.689. The molecule has 0 saturated carbocycles. The van der Waals surface area contributed by atoms with Gasteiger partial charge in [0.05, 0.1) is 6.54 Å². The van der Waals surface area contributed by atoms with Crippen LogP contribution in [0.15, 0.2) is 22.0 Å². The van der Waals surface area contributed by atoms with E-state index in [0.717, 1.165) is 35.5 Å². The molecule has 102 valence electrons. The lowest BCUT2D eigenvalue weighted by Crippen LogP contribution is -2.08. The average Bonchev–Trinajstić information content (AvgIpc) is 2.79. The van der Waals surface area contributed by atoms with Crippen LogP contribution in [0, 0.1) is 6.92 Å². The summed E-state index contributed by atoms with van der Waals surface area (Å²) in [5, 5.41) is 8.62. The second-order valence-electron chi connectivity index (χ2n) is 4.19. The van der Waals surface area contributed by atoms with Crippen LogP contribution in [-0.2, 0) is 6.54 Å². The average molecular weight is 341 g/mol. The van der Waals surface area contributed by atoms with Crippen molar-refractivity contribution in [3.05, 3.63) is 32.6 Å². The number of anilines is 2. The number of nitrogens with one attached hydrogen (secondary N) is 2. The normalized spacial score (nSPS) is 10.5. The van der Waals surface area contributed by atoms with Gasteiger partial charge in [-0.2, -0.15) is 4.98 Å². The van der Waals surface area contributed by atoms with E-state index in [4.69, 9.17) is 0 Å². The Morgan fingerprint density at radius 3 is 2.84 bits per heavy atom. The van der Waals surface area contributed by atoms with Gasteiger partial charge in [0.25, 0.3) is 0 Å². The third kappa shape index (κ3) is 4.18. The maximum Gasteiger partial charge on any atom is 0.224 e. The molecule has 0 radical (unpaired) electrons. The number of nitrogens with zero attached hydrogens (tertiary/aromatic N) is 2. The van der Waals surface area contributed by atoms with Gasteiger partial charge in [0.1, 0.15) is 5.82 Å². The first-order valence-corrected chi connectivity index (χ1v) is 7.91. The number of hydrogen-bond donors (Lipinski definition) is 2. The number of halogens is 1. The fourth-order valence-electron chi connectivity index (χ4n) is 1.60. The van der Waals surface area contributed by atoms with Gasteiger partial charge in [-0.1, -0.05) is 6.92 Å². The van der Waals surface area contributed by atoms with Crippen molar-refractivity contribution in [1.29, 1.82) is 0 Å². The van der Waals surface area contributed by atoms with E-state index in [9.17, 15) is 0 Å². The molecule has 0 amide bonds. The highest BCUT2D eigenvalue weighted by Gasteiger charge is 2.04. The van der Waals surface area contributed by atoms with E-state index in [0.29, 0.717) is 5.95 Å². The zero-order valence-corrected chi connectivity index (χ0v) is 13.4. The van der Waals surface area contributed by atoms with E-state index in [1.165, 1.54) is 4.88 Å². The Labute approximate surface area is 125 Å². The molecule has 2 heterocycles. The van der Waals surface area contributed by atoms with Gasteiger partial charge in [-0.3, -0.25) is 0 Å². The summed E-state index contributed by atoms with van der Waals surface area (Å²) in [6, 6.07) is 4.01. The summed E-state index contributed by atoms with van der Waals surface area (Å²) in [4.78, 5) is 10.1. The number of aromatic nitrogens is 2. The number of hydrogen-bond acceptors (Lipinski definition) is 5. The zero-order valence-electron chi connectivity index (χ0n) is 11.0. The molecule has 6 heteroatoms. The van der Waals surface area contributed by atoms with Gasteiger partial charge < -0.3 is 10.6 Å². The van der Waals surface area contributed by atoms with Crippen molar-refractivity contribution in [1.82, 2.24) is 9.97 Å². The Bertz CT molecular complexity index is 541. The van der Waals surface area contributed by atoms with Crippen LogP contribution < -0.4 is 10.6 Å². The smallest absolute Gasteiger partial charge is 0.224 e. The van der Waals surface area contributed by atoms with Gasteiger partial charge in [-0.05, 0) is 40.7 Å². The lowest BCUT2D eigenvalue weighted by molar-refractivity contribution is 0.944. The molecule has 2 aromatic rings. The summed E-state index contributed by atoms with van der Waals surface area (Å²) in [7, 11) is 0. The first-order valence-electron chi connectivity index (χ1n) is 6.24. The maximum atomic E-state index is 4.46. The van der Waals surface area contributed by atoms with E-state index in [2.05, 4.69) is 54.9 Å². The van der Waals surface area contributed by atoms with Crippen molar-refractivity contribution >= 4 is 39.0 Å². The SMILES string of the molecule is CCCNc1nc(C)cc(NCc2sccc2Br)n1. The Morgan fingerprint density at radius 1 is 1.32 bits per heavy atom. The summed E-state index contributed by atoms with van der Waals surface area (Å²) in [6.07, 6.45) is 1.06. The molecule has 0 atom stereocenters. The van der Waals surface area contributed by atoms with Crippen LogP contribution in [0.4, 0.5) is 11.8 Å². The van der Waals surface area contributed by atoms with Crippen LogP contribution in [0.5, 0.6) is 0 Å². The highest BCUT2D eigenvalue weighted by Crippen LogP contribution is 2.23. The molecule has 2 N–H and O–H groups in total. The molecular formula is C13H17BrN4S. The molecule has 4 nitrogen and oxygen atoms in total. The number of aryl methyl sites for hydroxylation is 1. The first-order chi connectivity index (χ1) is 9.19. The quantitative estimate of drug-likeness (QED) is 0.832. The highest BCUT2D eigenvalue weighted by atomic mass is 79.9. The first kappa shape index (κ1) is 14.3.